The van der Waals surface area contributed by atoms with E-state index in [-0.39, 0.29) is 12.3 Å². The fraction of sp³-hybridized carbons (Fsp3) is 0.429. The van der Waals surface area contributed by atoms with Crippen molar-refractivity contribution in [3.05, 3.63) is 29.7 Å². The number of rotatable bonds is 6. The maximum atomic E-state index is 12.1. The fourth-order valence-electron chi connectivity index (χ4n) is 2.13. The summed E-state index contributed by atoms with van der Waals surface area (Å²) >= 11 is 0. The van der Waals surface area contributed by atoms with Gasteiger partial charge in [0, 0.05) is 25.0 Å². The Bertz CT molecular complexity index is 638. The van der Waals surface area contributed by atoms with Crippen LogP contribution < -0.4 is 5.73 Å². The second-order valence-electron chi connectivity index (χ2n) is 4.78. The molecule has 0 fully saturated rings. The van der Waals surface area contributed by atoms with Gasteiger partial charge in [-0.2, -0.15) is 0 Å². The lowest BCUT2D eigenvalue weighted by Crippen LogP contribution is -2.24. The Kier molecular flexibility index (Phi) is 4.77. The number of nitrogens with two attached hydrogens (primary N) is 1. The first kappa shape index (κ1) is 15.3. The van der Waals surface area contributed by atoms with Crippen LogP contribution >= 0.6 is 0 Å². The number of hydrogen-bond donors (Lipinski definition) is 2. The number of nitrogen functional groups attached to an aromatic ring is 1. The maximum Gasteiger partial charge on any atom is 0.358 e. The van der Waals surface area contributed by atoms with E-state index in [0.29, 0.717) is 36.7 Å². The van der Waals surface area contributed by atoms with Crippen LogP contribution in [0.1, 0.15) is 23.1 Å². The first-order valence-corrected chi connectivity index (χ1v) is 6.79. The molecule has 2 rings (SSSR count). The lowest BCUT2D eigenvalue weighted by Gasteiger charge is -2.15. The van der Waals surface area contributed by atoms with Crippen molar-refractivity contribution in [2.75, 3.05) is 32.5 Å². The van der Waals surface area contributed by atoms with Gasteiger partial charge >= 0.3 is 5.97 Å². The fourth-order valence-corrected chi connectivity index (χ4v) is 2.13. The predicted molar refractivity (Wildman–Crippen MR) is 79.0 cm³/mol. The standard InChI is InChI=1S/C14H20N4O3/c1-3-21-14(20)13-11(9-17(2)6-7-19)18-8-10(15)4-5-12(18)16-13/h4-5,8,19H,3,6-7,9,15H2,1-2H3. The van der Waals surface area contributed by atoms with Gasteiger partial charge in [0.05, 0.1) is 18.9 Å². The zero-order valence-corrected chi connectivity index (χ0v) is 12.2. The minimum Gasteiger partial charge on any atom is -0.461 e. The Morgan fingerprint density at radius 3 is 2.95 bits per heavy atom. The van der Waals surface area contributed by atoms with E-state index in [1.54, 1.807) is 29.7 Å². The predicted octanol–water partition coefficient (Wildman–Crippen LogP) is 0.517. The molecular formula is C14H20N4O3. The van der Waals surface area contributed by atoms with Crippen molar-refractivity contribution in [3.63, 3.8) is 0 Å². The minimum atomic E-state index is -0.452. The number of pyridine rings is 1. The maximum absolute atomic E-state index is 12.1. The minimum absolute atomic E-state index is 0.0457. The van der Waals surface area contributed by atoms with Gasteiger partial charge in [-0.3, -0.25) is 9.30 Å². The number of likely N-dealkylation sites (N-methyl/N-ethyl adjacent to an activating group) is 1. The number of aromatic nitrogens is 2. The summed E-state index contributed by atoms with van der Waals surface area (Å²) in [6, 6.07) is 3.49. The third-order valence-corrected chi connectivity index (χ3v) is 3.11. The Hall–Kier alpha value is -2.12. The number of ether oxygens (including phenoxy) is 1. The quantitative estimate of drug-likeness (QED) is 0.754. The number of imidazole rings is 1. The van der Waals surface area contributed by atoms with Crippen molar-refractivity contribution >= 4 is 17.3 Å². The van der Waals surface area contributed by atoms with Crippen LogP contribution in [0.4, 0.5) is 5.69 Å². The normalized spacial score (nSPS) is 11.2. The number of hydrogen-bond acceptors (Lipinski definition) is 6. The van der Waals surface area contributed by atoms with Crippen molar-refractivity contribution in [2.24, 2.45) is 0 Å². The van der Waals surface area contributed by atoms with Gasteiger partial charge in [0.2, 0.25) is 0 Å². The molecule has 0 atom stereocenters. The summed E-state index contributed by atoms with van der Waals surface area (Å²) in [5.41, 5.74) is 8.02. The van der Waals surface area contributed by atoms with Crippen LogP contribution in [-0.4, -0.2) is 52.2 Å². The molecule has 0 aliphatic carbocycles. The van der Waals surface area contributed by atoms with Gasteiger partial charge in [-0.15, -0.1) is 0 Å². The summed E-state index contributed by atoms with van der Waals surface area (Å²) < 4.78 is 6.84. The number of fused-ring (bicyclic) bond motifs is 1. The molecule has 0 unspecified atom stereocenters. The van der Waals surface area contributed by atoms with E-state index >= 15 is 0 Å². The summed E-state index contributed by atoms with van der Waals surface area (Å²) in [6.45, 7) is 3.05. The third kappa shape index (κ3) is 3.32. The first-order valence-electron chi connectivity index (χ1n) is 6.79. The highest BCUT2D eigenvalue weighted by Gasteiger charge is 2.21. The molecule has 0 spiro atoms. The van der Waals surface area contributed by atoms with Crippen LogP contribution in [0.25, 0.3) is 5.65 Å². The highest BCUT2D eigenvalue weighted by Crippen LogP contribution is 2.17. The van der Waals surface area contributed by atoms with Crippen LogP contribution in [-0.2, 0) is 11.3 Å². The molecule has 0 amide bonds. The van der Waals surface area contributed by atoms with Crippen LogP contribution in [0, 0.1) is 0 Å². The lowest BCUT2D eigenvalue weighted by atomic mass is 10.3. The summed E-state index contributed by atoms with van der Waals surface area (Å²) in [7, 11) is 1.86. The zero-order valence-electron chi connectivity index (χ0n) is 12.2. The average molecular weight is 292 g/mol. The number of esters is 1. The summed E-state index contributed by atoms with van der Waals surface area (Å²) in [4.78, 5) is 18.3. The first-order chi connectivity index (χ1) is 10.1. The van der Waals surface area contributed by atoms with Crippen molar-refractivity contribution in [3.8, 4) is 0 Å². The molecule has 21 heavy (non-hydrogen) atoms. The number of carbonyl (C=O) groups excluding carboxylic acids is 1. The van der Waals surface area contributed by atoms with E-state index < -0.39 is 5.97 Å². The number of aliphatic hydroxyl groups excluding tert-OH is 1. The van der Waals surface area contributed by atoms with Gasteiger partial charge in [-0.05, 0) is 26.1 Å². The molecular weight excluding hydrogens is 272 g/mol. The van der Waals surface area contributed by atoms with Crippen molar-refractivity contribution in [1.82, 2.24) is 14.3 Å². The summed E-state index contributed by atoms with van der Waals surface area (Å²) in [5, 5.41) is 9.01. The molecule has 114 valence electrons. The van der Waals surface area contributed by atoms with E-state index in [9.17, 15) is 4.79 Å². The molecule has 7 heteroatoms. The Labute approximate surface area is 122 Å². The monoisotopic (exact) mass is 292 g/mol. The highest BCUT2D eigenvalue weighted by atomic mass is 16.5. The number of anilines is 1. The van der Waals surface area contributed by atoms with Crippen molar-refractivity contribution < 1.29 is 14.6 Å². The molecule has 0 saturated carbocycles. The molecule has 0 bridgehead atoms. The molecule has 0 aliphatic rings. The van der Waals surface area contributed by atoms with Gasteiger partial charge in [-0.25, -0.2) is 9.78 Å². The van der Waals surface area contributed by atoms with Crippen LogP contribution in [0.5, 0.6) is 0 Å². The number of nitrogens with zero attached hydrogens (tertiary/aromatic N) is 3. The molecule has 2 aromatic rings. The van der Waals surface area contributed by atoms with E-state index in [1.165, 1.54) is 0 Å². The van der Waals surface area contributed by atoms with Gasteiger partial charge in [-0.1, -0.05) is 0 Å². The summed E-state index contributed by atoms with van der Waals surface area (Å²) in [6.07, 6.45) is 1.73. The second kappa shape index (κ2) is 6.55. The van der Waals surface area contributed by atoms with E-state index in [4.69, 9.17) is 15.6 Å². The molecule has 7 nitrogen and oxygen atoms in total. The Morgan fingerprint density at radius 1 is 1.52 bits per heavy atom. The zero-order chi connectivity index (χ0) is 15.4. The Balaban J connectivity index is 2.47. The van der Waals surface area contributed by atoms with Crippen molar-refractivity contribution in [1.29, 1.82) is 0 Å². The van der Waals surface area contributed by atoms with Crippen molar-refractivity contribution in [2.45, 2.75) is 13.5 Å². The Morgan fingerprint density at radius 2 is 2.29 bits per heavy atom. The van der Waals surface area contributed by atoms with E-state index in [2.05, 4.69) is 4.98 Å². The molecule has 3 N–H and O–H groups in total. The molecule has 2 heterocycles. The highest BCUT2D eigenvalue weighted by molar-refractivity contribution is 5.89. The molecule has 0 saturated heterocycles. The third-order valence-electron chi connectivity index (χ3n) is 3.11. The molecule has 0 aromatic carbocycles. The molecule has 2 aromatic heterocycles. The van der Waals surface area contributed by atoms with Gasteiger partial charge in [0.1, 0.15) is 5.65 Å². The van der Waals surface area contributed by atoms with E-state index in [0.717, 1.165) is 0 Å². The van der Waals surface area contributed by atoms with Gasteiger partial charge in [0.15, 0.2) is 5.69 Å². The second-order valence-corrected chi connectivity index (χ2v) is 4.78. The van der Waals surface area contributed by atoms with E-state index in [1.807, 2.05) is 11.9 Å². The lowest BCUT2D eigenvalue weighted by molar-refractivity contribution is 0.0517. The topological polar surface area (TPSA) is 93.1 Å². The van der Waals surface area contributed by atoms with Crippen LogP contribution in [0.3, 0.4) is 0 Å². The van der Waals surface area contributed by atoms with Gasteiger partial charge < -0.3 is 15.6 Å². The average Bonchev–Trinajstić information content (AvgIpc) is 2.78. The number of carbonyl (C=O) groups is 1. The van der Waals surface area contributed by atoms with Gasteiger partial charge in [0.25, 0.3) is 0 Å². The van der Waals surface area contributed by atoms with Crippen LogP contribution in [0.2, 0.25) is 0 Å². The largest absolute Gasteiger partial charge is 0.461 e. The number of aliphatic hydroxyl groups is 1. The molecule has 0 aliphatic heterocycles. The van der Waals surface area contributed by atoms with Crippen LogP contribution in [0.15, 0.2) is 18.3 Å². The smallest absolute Gasteiger partial charge is 0.358 e. The SMILES string of the molecule is CCOC(=O)c1nc2ccc(N)cn2c1CN(C)CCO. The molecule has 0 radical (unpaired) electrons. The summed E-state index contributed by atoms with van der Waals surface area (Å²) in [5.74, 6) is -0.452.